The standard InChI is InChI=1S/C15H20N4OS/c1-10-13(16)14(19(3)17-10)15(20)18(2)9-11-5-7-12(21-4)8-6-11/h5-8H,9,16H2,1-4H3. The number of amides is 1. The number of aryl methyl sites for hydroxylation is 2. The van der Waals surface area contributed by atoms with E-state index in [-0.39, 0.29) is 5.91 Å². The number of benzene rings is 1. The molecule has 0 radical (unpaired) electrons. The van der Waals surface area contributed by atoms with Crippen LogP contribution in [0.4, 0.5) is 5.69 Å². The summed E-state index contributed by atoms with van der Waals surface area (Å²) in [7, 11) is 3.50. The number of nitrogen functional groups attached to an aromatic ring is 1. The first-order valence-corrected chi connectivity index (χ1v) is 7.84. The summed E-state index contributed by atoms with van der Waals surface area (Å²) in [6.07, 6.45) is 2.04. The highest BCUT2D eigenvalue weighted by atomic mass is 32.2. The number of hydrogen-bond acceptors (Lipinski definition) is 4. The van der Waals surface area contributed by atoms with Gasteiger partial charge in [-0.05, 0) is 30.9 Å². The van der Waals surface area contributed by atoms with Crippen molar-refractivity contribution in [3.05, 3.63) is 41.2 Å². The molecule has 0 fully saturated rings. The van der Waals surface area contributed by atoms with Gasteiger partial charge in [-0.25, -0.2) is 0 Å². The number of nitrogens with zero attached hydrogens (tertiary/aromatic N) is 3. The SMILES string of the molecule is CSc1ccc(CN(C)C(=O)c2c(N)c(C)nn2C)cc1. The van der Waals surface area contributed by atoms with E-state index < -0.39 is 0 Å². The predicted octanol–water partition coefficient (Wildman–Crippen LogP) is 2.30. The topological polar surface area (TPSA) is 64.2 Å². The molecule has 0 aliphatic rings. The zero-order chi connectivity index (χ0) is 15.6. The molecule has 0 spiro atoms. The van der Waals surface area contributed by atoms with Crippen LogP contribution in [0.5, 0.6) is 0 Å². The fourth-order valence-corrected chi connectivity index (χ4v) is 2.59. The Labute approximate surface area is 129 Å². The van der Waals surface area contributed by atoms with E-state index in [0.29, 0.717) is 23.6 Å². The van der Waals surface area contributed by atoms with Gasteiger partial charge < -0.3 is 10.6 Å². The van der Waals surface area contributed by atoms with Gasteiger partial charge in [-0.2, -0.15) is 5.10 Å². The lowest BCUT2D eigenvalue weighted by molar-refractivity contribution is 0.0775. The molecule has 1 aromatic heterocycles. The molecule has 1 heterocycles. The normalized spacial score (nSPS) is 10.7. The van der Waals surface area contributed by atoms with E-state index in [1.807, 2.05) is 18.4 Å². The van der Waals surface area contributed by atoms with Crippen LogP contribution in [0.15, 0.2) is 29.2 Å². The highest BCUT2D eigenvalue weighted by Crippen LogP contribution is 2.19. The molecule has 0 bridgehead atoms. The van der Waals surface area contributed by atoms with Crippen molar-refractivity contribution in [1.29, 1.82) is 0 Å². The maximum Gasteiger partial charge on any atom is 0.274 e. The van der Waals surface area contributed by atoms with Crippen LogP contribution in [0.1, 0.15) is 21.7 Å². The maximum absolute atomic E-state index is 12.5. The smallest absolute Gasteiger partial charge is 0.274 e. The molecule has 0 aliphatic carbocycles. The number of hydrogen-bond donors (Lipinski definition) is 1. The van der Waals surface area contributed by atoms with Gasteiger partial charge in [0, 0.05) is 25.5 Å². The minimum Gasteiger partial charge on any atom is -0.395 e. The summed E-state index contributed by atoms with van der Waals surface area (Å²) in [5, 5.41) is 4.19. The molecule has 1 amide bonds. The van der Waals surface area contributed by atoms with Crippen LogP contribution in [0.2, 0.25) is 0 Å². The van der Waals surface area contributed by atoms with Gasteiger partial charge in [0.2, 0.25) is 0 Å². The zero-order valence-electron chi connectivity index (χ0n) is 12.8. The van der Waals surface area contributed by atoms with Crippen LogP contribution in [0.25, 0.3) is 0 Å². The fraction of sp³-hybridized carbons (Fsp3) is 0.333. The first-order chi connectivity index (χ1) is 9.93. The molecule has 0 atom stereocenters. The molecule has 2 rings (SSSR count). The molecule has 2 N–H and O–H groups in total. The fourth-order valence-electron chi connectivity index (χ4n) is 2.19. The van der Waals surface area contributed by atoms with Crippen molar-refractivity contribution in [1.82, 2.24) is 14.7 Å². The second-order valence-electron chi connectivity index (χ2n) is 4.98. The summed E-state index contributed by atoms with van der Waals surface area (Å²) < 4.78 is 1.54. The molecule has 5 nitrogen and oxygen atoms in total. The lowest BCUT2D eigenvalue weighted by Crippen LogP contribution is -2.28. The minimum absolute atomic E-state index is 0.121. The van der Waals surface area contributed by atoms with Crippen LogP contribution in [-0.2, 0) is 13.6 Å². The van der Waals surface area contributed by atoms with Crippen molar-refractivity contribution >= 4 is 23.4 Å². The van der Waals surface area contributed by atoms with E-state index in [1.165, 1.54) is 4.90 Å². The van der Waals surface area contributed by atoms with Crippen LogP contribution in [0, 0.1) is 6.92 Å². The molecule has 0 saturated heterocycles. The maximum atomic E-state index is 12.5. The zero-order valence-corrected chi connectivity index (χ0v) is 13.6. The second kappa shape index (κ2) is 6.22. The van der Waals surface area contributed by atoms with Crippen molar-refractivity contribution < 1.29 is 4.79 Å². The van der Waals surface area contributed by atoms with E-state index in [1.54, 1.807) is 42.4 Å². The quantitative estimate of drug-likeness (QED) is 0.880. The monoisotopic (exact) mass is 304 g/mol. The molecule has 6 heteroatoms. The first kappa shape index (κ1) is 15.4. The van der Waals surface area contributed by atoms with Crippen molar-refractivity contribution in [2.75, 3.05) is 19.0 Å². The molecular formula is C15H20N4OS. The molecule has 21 heavy (non-hydrogen) atoms. The third kappa shape index (κ3) is 3.21. The van der Waals surface area contributed by atoms with E-state index in [2.05, 4.69) is 17.2 Å². The van der Waals surface area contributed by atoms with E-state index in [0.717, 1.165) is 5.56 Å². The van der Waals surface area contributed by atoms with Gasteiger partial charge in [0.05, 0.1) is 11.4 Å². The van der Waals surface area contributed by atoms with Crippen LogP contribution in [-0.4, -0.2) is 33.9 Å². The average molecular weight is 304 g/mol. The first-order valence-electron chi connectivity index (χ1n) is 6.61. The van der Waals surface area contributed by atoms with Gasteiger partial charge in [-0.1, -0.05) is 12.1 Å². The molecule has 0 saturated carbocycles. The number of anilines is 1. The Hall–Kier alpha value is -1.95. The van der Waals surface area contributed by atoms with Crippen molar-refractivity contribution in [3.8, 4) is 0 Å². The van der Waals surface area contributed by atoms with Gasteiger partial charge >= 0.3 is 0 Å². The molecule has 0 unspecified atom stereocenters. The van der Waals surface area contributed by atoms with Gasteiger partial charge in [0.15, 0.2) is 0 Å². The van der Waals surface area contributed by atoms with Crippen LogP contribution in [0.3, 0.4) is 0 Å². The average Bonchev–Trinajstić information content (AvgIpc) is 2.72. The summed E-state index contributed by atoms with van der Waals surface area (Å²) in [4.78, 5) is 15.4. The molecule has 1 aromatic carbocycles. The van der Waals surface area contributed by atoms with E-state index >= 15 is 0 Å². The van der Waals surface area contributed by atoms with Crippen molar-refractivity contribution in [2.45, 2.75) is 18.4 Å². The Morgan fingerprint density at radius 3 is 2.48 bits per heavy atom. The Balaban J connectivity index is 2.15. The minimum atomic E-state index is -0.121. The summed E-state index contributed by atoms with van der Waals surface area (Å²) in [6, 6.07) is 8.18. The van der Waals surface area contributed by atoms with Crippen molar-refractivity contribution in [3.63, 3.8) is 0 Å². The van der Waals surface area contributed by atoms with Gasteiger partial charge in [0.1, 0.15) is 5.69 Å². The molecular weight excluding hydrogens is 284 g/mol. The number of rotatable bonds is 4. The van der Waals surface area contributed by atoms with E-state index in [4.69, 9.17) is 5.73 Å². The highest BCUT2D eigenvalue weighted by molar-refractivity contribution is 7.98. The van der Waals surface area contributed by atoms with Gasteiger partial charge in [-0.3, -0.25) is 9.48 Å². The Morgan fingerprint density at radius 2 is 2.00 bits per heavy atom. The third-order valence-electron chi connectivity index (χ3n) is 3.40. The largest absolute Gasteiger partial charge is 0.395 e. The van der Waals surface area contributed by atoms with Gasteiger partial charge in [-0.15, -0.1) is 11.8 Å². The lowest BCUT2D eigenvalue weighted by Gasteiger charge is -2.18. The van der Waals surface area contributed by atoms with Crippen molar-refractivity contribution in [2.24, 2.45) is 7.05 Å². The number of nitrogens with two attached hydrogens (primary N) is 1. The third-order valence-corrected chi connectivity index (χ3v) is 4.14. The summed E-state index contributed by atoms with van der Waals surface area (Å²) in [5.41, 5.74) is 8.59. The summed E-state index contributed by atoms with van der Waals surface area (Å²) in [6.45, 7) is 2.34. The number of carbonyl (C=O) groups excluding carboxylic acids is 1. The molecule has 112 valence electrons. The molecule has 2 aromatic rings. The number of thioether (sulfide) groups is 1. The molecule has 0 aliphatic heterocycles. The van der Waals surface area contributed by atoms with Gasteiger partial charge in [0.25, 0.3) is 5.91 Å². The van der Waals surface area contributed by atoms with Crippen LogP contribution < -0.4 is 5.73 Å². The predicted molar refractivity (Wildman–Crippen MR) is 86.4 cm³/mol. The number of carbonyl (C=O) groups is 1. The highest BCUT2D eigenvalue weighted by Gasteiger charge is 2.21. The Kier molecular flexibility index (Phi) is 4.57. The second-order valence-corrected chi connectivity index (χ2v) is 5.86. The van der Waals surface area contributed by atoms with Crippen LogP contribution >= 0.6 is 11.8 Å². The number of aromatic nitrogens is 2. The summed E-state index contributed by atoms with van der Waals surface area (Å²) in [5.74, 6) is -0.121. The van der Waals surface area contributed by atoms with E-state index in [9.17, 15) is 4.79 Å². The Bertz CT molecular complexity index is 648. The Morgan fingerprint density at radius 1 is 1.38 bits per heavy atom. The summed E-state index contributed by atoms with van der Waals surface area (Å²) >= 11 is 1.70. The lowest BCUT2D eigenvalue weighted by atomic mass is 10.2.